The van der Waals surface area contributed by atoms with Crippen LogP contribution in [0.15, 0.2) is 48.5 Å². The summed E-state index contributed by atoms with van der Waals surface area (Å²) in [5, 5.41) is 7.03. The lowest BCUT2D eigenvalue weighted by atomic mass is 10.2. The molecule has 0 aliphatic rings. The van der Waals surface area contributed by atoms with Crippen molar-refractivity contribution in [3.63, 3.8) is 0 Å². The van der Waals surface area contributed by atoms with Crippen LogP contribution in [0.2, 0.25) is 5.02 Å². The Morgan fingerprint density at radius 1 is 1.04 bits per heavy atom. The summed E-state index contributed by atoms with van der Waals surface area (Å²) in [7, 11) is 1.76. The third-order valence-corrected chi connectivity index (χ3v) is 3.82. The topological polar surface area (TPSA) is 44.4 Å². The van der Waals surface area contributed by atoms with E-state index in [4.69, 9.17) is 23.8 Å². The van der Waals surface area contributed by atoms with Crippen LogP contribution in [0.1, 0.15) is 5.56 Å². The zero-order valence-electron chi connectivity index (χ0n) is 13.0. The smallest absolute Gasteiger partial charge is 0.243 e. The van der Waals surface area contributed by atoms with Gasteiger partial charge in [0.05, 0.1) is 6.54 Å². The van der Waals surface area contributed by atoms with Gasteiger partial charge in [0.25, 0.3) is 0 Å². The van der Waals surface area contributed by atoms with E-state index in [0.29, 0.717) is 10.1 Å². The molecular formula is C17H18ClN3OS. The van der Waals surface area contributed by atoms with Crippen molar-refractivity contribution in [2.45, 2.75) is 6.92 Å². The van der Waals surface area contributed by atoms with Crippen LogP contribution in [0.4, 0.5) is 11.4 Å². The third kappa shape index (κ3) is 5.54. The monoisotopic (exact) mass is 347 g/mol. The summed E-state index contributed by atoms with van der Waals surface area (Å²) in [6, 6.07) is 14.9. The molecule has 0 heterocycles. The van der Waals surface area contributed by atoms with Gasteiger partial charge in [0.1, 0.15) is 0 Å². The number of halogens is 1. The van der Waals surface area contributed by atoms with Crippen molar-refractivity contribution in [1.82, 2.24) is 4.90 Å². The number of nitrogens with zero attached hydrogens (tertiary/aromatic N) is 1. The minimum atomic E-state index is -0.128. The van der Waals surface area contributed by atoms with Crippen LogP contribution in [0.3, 0.4) is 0 Å². The summed E-state index contributed by atoms with van der Waals surface area (Å²) < 4.78 is 0. The van der Waals surface area contributed by atoms with Crippen molar-refractivity contribution < 1.29 is 4.79 Å². The second kappa shape index (κ2) is 7.94. The molecule has 0 aromatic heterocycles. The second-order valence-electron chi connectivity index (χ2n) is 5.21. The van der Waals surface area contributed by atoms with Crippen LogP contribution >= 0.6 is 23.8 Å². The summed E-state index contributed by atoms with van der Waals surface area (Å²) in [5.74, 6) is -0.128. The molecule has 0 saturated carbocycles. The molecule has 0 fully saturated rings. The highest BCUT2D eigenvalue weighted by Crippen LogP contribution is 2.14. The van der Waals surface area contributed by atoms with E-state index in [1.807, 2.05) is 43.3 Å². The Morgan fingerprint density at radius 2 is 1.57 bits per heavy atom. The first-order valence-electron chi connectivity index (χ1n) is 7.08. The number of aryl methyl sites for hydroxylation is 1. The highest BCUT2D eigenvalue weighted by Gasteiger charge is 2.10. The summed E-state index contributed by atoms with van der Waals surface area (Å²) >= 11 is 11.1. The molecule has 0 atom stereocenters. The molecule has 2 N–H and O–H groups in total. The van der Waals surface area contributed by atoms with Gasteiger partial charge in [-0.3, -0.25) is 4.79 Å². The van der Waals surface area contributed by atoms with E-state index in [1.54, 1.807) is 24.1 Å². The Labute approximate surface area is 146 Å². The van der Waals surface area contributed by atoms with Crippen molar-refractivity contribution in [2.75, 3.05) is 24.2 Å². The molecule has 0 aliphatic heterocycles. The first-order chi connectivity index (χ1) is 10.9. The van der Waals surface area contributed by atoms with Gasteiger partial charge in [0.15, 0.2) is 5.11 Å². The maximum absolute atomic E-state index is 12.1. The SMILES string of the molecule is Cc1ccc(NC(=O)CN(C)C(=S)Nc2ccc(Cl)cc2)cc1. The number of rotatable bonds is 4. The number of likely N-dealkylation sites (N-methyl/N-ethyl adjacent to an activating group) is 1. The molecular weight excluding hydrogens is 330 g/mol. The standard InChI is InChI=1S/C17H18ClN3OS/c1-12-3-7-14(8-4-12)19-16(22)11-21(2)17(23)20-15-9-5-13(18)6-10-15/h3-10H,11H2,1-2H3,(H,19,22)(H,20,23). The van der Waals surface area contributed by atoms with E-state index in [2.05, 4.69) is 10.6 Å². The first-order valence-corrected chi connectivity index (χ1v) is 7.87. The average Bonchev–Trinajstić information content (AvgIpc) is 2.51. The number of carbonyl (C=O) groups excluding carboxylic acids is 1. The molecule has 6 heteroatoms. The summed E-state index contributed by atoms with van der Waals surface area (Å²) in [4.78, 5) is 13.7. The number of nitrogens with one attached hydrogen (secondary N) is 2. The molecule has 0 radical (unpaired) electrons. The molecule has 4 nitrogen and oxygen atoms in total. The van der Waals surface area contributed by atoms with E-state index in [0.717, 1.165) is 16.9 Å². The second-order valence-corrected chi connectivity index (χ2v) is 6.03. The number of amides is 1. The predicted octanol–water partition coefficient (Wildman–Crippen LogP) is 3.92. The van der Waals surface area contributed by atoms with E-state index in [1.165, 1.54) is 0 Å². The van der Waals surface area contributed by atoms with Gasteiger partial charge in [-0.15, -0.1) is 0 Å². The van der Waals surface area contributed by atoms with Gasteiger partial charge in [-0.1, -0.05) is 29.3 Å². The fraction of sp³-hybridized carbons (Fsp3) is 0.176. The molecule has 0 saturated heterocycles. The van der Waals surface area contributed by atoms with Crippen molar-refractivity contribution in [3.05, 3.63) is 59.1 Å². The van der Waals surface area contributed by atoms with Crippen molar-refractivity contribution in [1.29, 1.82) is 0 Å². The van der Waals surface area contributed by atoms with E-state index < -0.39 is 0 Å². The lowest BCUT2D eigenvalue weighted by molar-refractivity contribution is -0.116. The van der Waals surface area contributed by atoms with Crippen LogP contribution in [-0.2, 0) is 4.79 Å². The molecule has 2 aromatic rings. The van der Waals surface area contributed by atoms with Crippen LogP contribution in [-0.4, -0.2) is 29.5 Å². The Hall–Kier alpha value is -2.11. The zero-order chi connectivity index (χ0) is 16.8. The van der Waals surface area contributed by atoms with Gasteiger partial charge < -0.3 is 15.5 Å². The van der Waals surface area contributed by atoms with Gasteiger partial charge in [-0.05, 0) is 55.5 Å². The number of thiocarbonyl (C=S) groups is 1. The Bertz CT molecular complexity index is 686. The Balaban J connectivity index is 1.86. The van der Waals surface area contributed by atoms with E-state index >= 15 is 0 Å². The van der Waals surface area contributed by atoms with Gasteiger partial charge in [0, 0.05) is 23.4 Å². The van der Waals surface area contributed by atoms with Crippen molar-refractivity contribution in [2.24, 2.45) is 0 Å². The fourth-order valence-electron chi connectivity index (χ4n) is 1.88. The Kier molecular flexibility index (Phi) is 5.96. The maximum Gasteiger partial charge on any atom is 0.243 e. The first kappa shape index (κ1) is 17.2. The number of anilines is 2. The largest absolute Gasteiger partial charge is 0.343 e. The average molecular weight is 348 g/mol. The fourth-order valence-corrected chi connectivity index (χ4v) is 2.19. The molecule has 0 spiro atoms. The van der Waals surface area contributed by atoms with Crippen LogP contribution < -0.4 is 10.6 Å². The molecule has 0 aliphatic carbocycles. The van der Waals surface area contributed by atoms with Crippen LogP contribution in [0, 0.1) is 6.92 Å². The van der Waals surface area contributed by atoms with E-state index in [-0.39, 0.29) is 12.5 Å². The zero-order valence-corrected chi connectivity index (χ0v) is 14.5. The maximum atomic E-state index is 12.1. The number of benzene rings is 2. The predicted molar refractivity (Wildman–Crippen MR) is 100 cm³/mol. The Morgan fingerprint density at radius 3 is 2.17 bits per heavy atom. The molecule has 0 unspecified atom stereocenters. The number of carbonyl (C=O) groups is 1. The molecule has 120 valence electrons. The minimum Gasteiger partial charge on any atom is -0.343 e. The van der Waals surface area contributed by atoms with Crippen LogP contribution in [0.5, 0.6) is 0 Å². The lowest BCUT2D eigenvalue weighted by Crippen LogP contribution is -2.37. The molecule has 2 rings (SSSR count). The van der Waals surface area contributed by atoms with Gasteiger partial charge in [0.2, 0.25) is 5.91 Å². The normalized spacial score (nSPS) is 10.0. The quantitative estimate of drug-likeness (QED) is 0.823. The molecule has 2 aromatic carbocycles. The van der Waals surface area contributed by atoms with Crippen molar-refractivity contribution >= 4 is 46.2 Å². The van der Waals surface area contributed by atoms with Gasteiger partial charge >= 0.3 is 0 Å². The summed E-state index contributed by atoms with van der Waals surface area (Å²) in [5.41, 5.74) is 2.74. The van der Waals surface area contributed by atoms with Crippen molar-refractivity contribution in [3.8, 4) is 0 Å². The summed E-state index contributed by atoms with van der Waals surface area (Å²) in [6.07, 6.45) is 0. The van der Waals surface area contributed by atoms with E-state index in [9.17, 15) is 4.79 Å². The highest BCUT2D eigenvalue weighted by atomic mass is 35.5. The molecule has 23 heavy (non-hydrogen) atoms. The number of hydrogen-bond acceptors (Lipinski definition) is 2. The highest BCUT2D eigenvalue weighted by molar-refractivity contribution is 7.80. The van der Waals surface area contributed by atoms with Gasteiger partial charge in [-0.25, -0.2) is 0 Å². The summed E-state index contributed by atoms with van der Waals surface area (Å²) in [6.45, 7) is 2.16. The minimum absolute atomic E-state index is 0.128. The van der Waals surface area contributed by atoms with Gasteiger partial charge in [-0.2, -0.15) is 0 Å². The molecule has 1 amide bonds. The third-order valence-electron chi connectivity index (χ3n) is 3.16. The lowest BCUT2D eigenvalue weighted by Gasteiger charge is -2.20. The number of hydrogen-bond donors (Lipinski definition) is 2. The molecule has 0 bridgehead atoms. The van der Waals surface area contributed by atoms with Crippen LogP contribution in [0.25, 0.3) is 0 Å².